The molecule has 0 spiro atoms. The van der Waals surface area contributed by atoms with E-state index in [0.717, 1.165) is 18.2 Å². The molecule has 0 saturated carbocycles. The van der Waals surface area contributed by atoms with E-state index in [2.05, 4.69) is 5.32 Å². The molecule has 0 fully saturated rings. The minimum Gasteiger partial charge on any atom is -0.484 e. The van der Waals surface area contributed by atoms with Crippen LogP contribution in [0.4, 0.5) is 15.8 Å². The monoisotopic (exact) mass is 315 g/mol. The number of anilines is 1. The zero-order valence-corrected chi connectivity index (χ0v) is 11.7. The molecular formula is C15H10FN3O4. The van der Waals surface area contributed by atoms with Crippen LogP contribution in [-0.2, 0) is 4.79 Å². The van der Waals surface area contributed by atoms with E-state index in [1.165, 1.54) is 24.3 Å². The summed E-state index contributed by atoms with van der Waals surface area (Å²) in [6, 6.07) is 10.8. The number of carbonyl (C=O) groups is 1. The van der Waals surface area contributed by atoms with Gasteiger partial charge in [0.05, 0.1) is 22.2 Å². The number of nitro benzene ring substituents is 1. The lowest BCUT2D eigenvalue weighted by atomic mass is 10.2. The number of benzene rings is 2. The second-order valence-corrected chi connectivity index (χ2v) is 4.39. The van der Waals surface area contributed by atoms with Gasteiger partial charge in [-0.05, 0) is 30.3 Å². The summed E-state index contributed by atoms with van der Waals surface area (Å²) in [7, 11) is 0. The average Bonchev–Trinajstić information content (AvgIpc) is 2.55. The molecule has 0 saturated heterocycles. The molecule has 7 nitrogen and oxygen atoms in total. The summed E-state index contributed by atoms with van der Waals surface area (Å²) < 4.78 is 18.7. The second-order valence-electron chi connectivity index (χ2n) is 4.39. The van der Waals surface area contributed by atoms with Gasteiger partial charge in [0.15, 0.2) is 6.61 Å². The van der Waals surface area contributed by atoms with Gasteiger partial charge in [0.2, 0.25) is 0 Å². The van der Waals surface area contributed by atoms with Crippen molar-refractivity contribution in [2.75, 3.05) is 11.9 Å². The highest BCUT2D eigenvalue weighted by atomic mass is 19.1. The van der Waals surface area contributed by atoms with Gasteiger partial charge in [0, 0.05) is 12.1 Å². The maximum Gasteiger partial charge on any atom is 0.271 e. The van der Waals surface area contributed by atoms with Gasteiger partial charge < -0.3 is 10.1 Å². The van der Waals surface area contributed by atoms with E-state index in [4.69, 9.17) is 10.00 Å². The topological polar surface area (TPSA) is 105 Å². The SMILES string of the molecule is N#Cc1ccc(OCC(=O)Nc2cc([N+](=O)[O-])ccc2F)cc1. The Balaban J connectivity index is 1.98. The highest BCUT2D eigenvalue weighted by Crippen LogP contribution is 2.21. The van der Waals surface area contributed by atoms with Crippen LogP contribution in [0.25, 0.3) is 0 Å². The van der Waals surface area contributed by atoms with Gasteiger partial charge in [-0.25, -0.2) is 4.39 Å². The Morgan fingerprint density at radius 3 is 2.61 bits per heavy atom. The summed E-state index contributed by atoms with van der Waals surface area (Å²) in [6.07, 6.45) is 0. The largest absolute Gasteiger partial charge is 0.484 e. The number of non-ortho nitro benzene ring substituents is 1. The minimum absolute atomic E-state index is 0.298. The van der Waals surface area contributed by atoms with Crippen molar-refractivity contribution >= 4 is 17.3 Å². The van der Waals surface area contributed by atoms with Gasteiger partial charge in [-0.15, -0.1) is 0 Å². The smallest absolute Gasteiger partial charge is 0.271 e. The quantitative estimate of drug-likeness (QED) is 0.674. The molecule has 1 N–H and O–H groups in total. The Labute approximate surface area is 130 Å². The molecule has 0 radical (unpaired) electrons. The number of nitrogens with one attached hydrogen (secondary N) is 1. The van der Waals surface area contributed by atoms with Gasteiger partial charge >= 0.3 is 0 Å². The number of hydrogen-bond donors (Lipinski definition) is 1. The highest BCUT2D eigenvalue weighted by Gasteiger charge is 2.13. The van der Waals surface area contributed by atoms with Crippen LogP contribution in [-0.4, -0.2) is 17.4 Å². The Kier molecular flexibility index (Phi) is 4.84. The molecule has 2 rings (SSSR count). The number of nitro groups is 1. The van der Waals surface area contributed by atoms with Crippen LogP contribution in [0.5, 0.6) is 5.75 Å². The molecule has 0 aromatic heterocycles. The number of nitriles is 1. The van der Waals surface area contributed by atoms with Crippen LogP contribution >= 0.6 is 0 Å². The molecule has 0 heterocycles. The fourth-order valence-electron chi connectivity index (χ4n) is 1.68. The van der Waals surface area contributed by atoms with Crippen LogP contribution in [0, 0.1) is 27.3 Å². The Hall–Kier alpha value is -3.47. The predicted molar refractivity (Wildman–Crippen MR) is 78.3 cm³/mol. The fraction of sp³-hybridized carbons (Fsp3) is 0.0667. The summed E-state index contributed by atoms with van der Waals surface area (Å²) in [5, 5.41) is 21.5. The van der Waals surface area contributed by atoms with E-state index in [-0.39, 0.29) is 11.4 Å². The predicted octanol–water partition coefficient (Wildman–Crippen LogP) is 2.62. The number of carbonyl (C=O) groups excluding carboxylic acids is 1. The van der Waals surface area contributed by atoms with Crippen molar-refractivity contribution in [2.24, 2.45) is 0 Å². The number of nitrogens with zero attached hydrogens (tertiary/aromatic N) is 2. The molecule has 0 aliphatic heterocycles. The van der Waals surface area contributed by atoms with Gasteiger partial charge in [0.1, 0.15) is 11.6 Å². The molecule has 0 atom stereocenters. The lowest BCUT2D eigenvalue weighted by Crippen LogP contribution is -2.20. The van der Waals surface area contributed by atoms with E-state index in [1.54, 1.807) is 0 Å². The Bertz CT molecular complexity index is 784. The van der Waals surface area contributed by atoms with Crippen molar-refractivity contribution in [3.63, 3.8) is 0 Å². The fourth-order valence-corrected chi connectivity index (χ4v) is 1.68. The van der Waals surface area contributed by atoms with E-state index in [9.17, 15) is 19.3 Å². The zero-order valence-electron chi connectivity index (χ0n) is 11.7. The average molecular weight is 315 g/mol. The molecule has 116 valence electrons. The van der Waals surface area contributed by atoms with Crippen molar-refractivity contribution in [1.29, 1.82) is 5.26 Å². The lowest BCUT2D eigenvalue weighted by Gasteiger charge is -2.08. The Morgan fingerprint density at radius 2 is 2.00 bits per heavy atom. The van der Waals surface area contributed by atoms with Crippen LogP contribution in [0.1, 0.15) is 5.56 Å². The molecule has 1 amide bonds. The van der Waals surface area contributed by atoms with Crippen LogP contribution in [0.2, 0.25) is 0 Å². The normalized spacial score (nSPS) is 9.74. The third-order valence-corrected chi connectivity index (χ3v) is 2.79. The van der Waals surface area contributed by atoms with Crippen molar-refractivity contribution < 1.29 is 18.8 Å². The second kappa shape index (κ2) is 7.00. The van der Waals surface area contributed by atoms with Crippen LogP contribution in [0.15, 0.2) is 42.5 Å². The van der Waals surface area contributed by atoms with E-state index in [0.29, 0.717) is 11.3 Å². The first kappa shape index (κ1) is 15.9. The van der Waals surface area contributed by atoms with Crippen LogP contribution < -0.4 is 10.1 Å². The summed E-state index contributed by atoms with van der Waals surface area (Å²) in [4.78, 5) is 21.7. The third kappa shape index (κ3) is 4.25. The number of amides is 1. The van der Waals surface area contributed by atoms with Gasteiger partial charge in [-0.2, -0.15) is 5.26 Å². The van der Waals surface area contributed by atoms with Gasteiger partial charge in [-0.1, -0.05) is 0 Å². The molecule has 0 aliphatic carbocycles. The van der Waals surface area contributed by atoms with Crippen molar-refractivity contribution in [1.82, 2.24) is 0 Å². The summed E-state index contributed by atoms with van der Waals surface area (Å²) >= 11 is 0. The maximum atomic E-state index is 13.5. The number of ether oxygens (including phenoxy) is 1. The van der Waals surface area contributed by atoms with E-state index >= 15 is 0 Å². The first-order valence-electron chi connectivity index (χ1n) is 6.36. The summed E-state index contributed by atoms with van der Waals surface area (Å²) in [5.41, 5.74) is -0.192. The molecule has 2 aromatic carbocycles. The first-order chi connectivity index (χ1) is 11.0. The van der Waals surface area contributed by atoms with Crippen molar-refractivity contribution in [3.05, 3.63) is 64.0 Å². The van der Waals surface area contributed by atoms with E-state index < -0.39 is 23.3 Å². The van der Waals surface area contributed by atoms with Gasteiger partial charge in [0.25, 0.3) is 11.6 Å². The standard InChI is InChI=1S/C15H10FN3O4/c16-13-6-3-11(19(21)22)7-14(13)18-15(20)9-23-12-4-1-10(8-17)2-5-12/h1-7H,9H2,(H,18,20). The molecule has 8 heteroatoms. The molecule has 23 heavy (non-hydrogen) atoms. The zero-order chi connectivity index (χ0) is 16.8. The van der Waals surface area contributed by atoms with Gasteiger partial charge in [-0.3, -0.25) is 14.9 Å². The molecule has 2 aromatic rings. The van der Waals surface area contributed by atoms with E-state index in [1.807, 2.05) is 6.07 Å². The molecule has 0 bridgehead atoms. The minimum atomic E-state index is -0.790. The van der Waals surface area contributed by atoms with Crippen molar-refractivity contribution in [2.45, 2.75) is 0 Å². The summed E-state index contributed by atoms with van der Waals surface area (Å²) in [5.74, 6) is -1.10. The number of hydrogen-bond acceptors (Lipinski definition) is 5. The van der Waals surface area contributed by atoms with Crippen molar-refractivity contribution in [3.8, 4) is 11.8 Å². The Morgan fingerprint density at radius 1 is 1.30 bits per heavy atom. The maximum absolute atomic E-state index is 13.5. The number of halogens is 1. The molecule has 0 unspecified atom stereocenters. The van der Waals surface area contributed by atoms with Crippen LogP contribution in [0.3, 0.4) is 0 Å². The first-order valence-corrected chi connectivity index (χ1v) is 6.36. The summed E-state index contributed by atoms with van der Waals surface area (Å²) in [6.45, 7) is -0.409. The number of rotatable bonds is 5. The molecular weight excluding hydrogens is 305 g/mol. The third-order valence-electron chi connectivity index (χ3n) is 2.79. The lowest BCUT2D eigenvalue weighted by molar-refractivity contribution is -0.384. The highest BCUT2D eigenvalue weighted by molar-refractivity contribution is 5.92. The molecule has 0 aliphatic rings.